The van der Waals surface area contributed by atoms with E-state index in [0.717, 1.165) is 5.56 Å². The Kier molecular flexibility index (Phi) is 2.89. The van der Waals surface area contributed by atoms with E-state index in [0.29, 0.717) is 10.4 Å². The van der Waals surface area contributed by atoms with Crippen LogP contribution >= 0.6 is 22.7 Å². The summed E-state index contributed by atoms with van der Waals surface area (Å²) in [7, 11) is 0. The molecule has 3 nitrogen and oxygen atoms in total. The summed E-state index contributed by atoms with van der Waals surface area (Å²) in [6, 6.07) is 3.53. The lowest BCUT2D eigenvalue weighted by molar-refractivity contribution is 0.0702. The monoisotopic (exact) mass is 252 g/mol. The first-order valence-electron chi connectivity index (χ1n) is 4.51. The van der Waals surface area contributed by atoms with Crippen LogP contribution in [0.2, 0.25) is 0 Å². The molecule has 0 aliphatic carbocycles. The Bertz CT molecular complexity index is 501. The summed E-state index contributed by atoms with van der Waals surface area (Å²) in [6.45, 7) is 1.49. The summed E-state index contributed by atoms with van der Waals surface area (Å²) in [5.74, 6) is -0.988. The quantitative estimate of drug-likeness (QED) is 0.852. The van der Waals surface area contributed by atoms with Gasteiger partial charge < -0.3 is 5.11 Å². The van der Waals surface area contributed by atoms with Crippen LogP contribution in [0.3, 0.4) is 0 Å². The van der Waals surface area contributed by atoms with E-state index in [1.54, 1.807) is 22.9 Å². The second-order valence-corrected chi connectivity index (χ2v) is 5.02. The van der Waals surface area contributed by atoms with Gasteiger partial charge in [-0.25, -0.2) is 4.79 Å². The molecular formula is C11H8O3S2. The Morgan fingerprint density at radius 3 is 2.06 bits per heavy atom. The number of hydrogen-bond donors (Lipinski definition) is 1. The number of carboxylic acid groups (broad SMARTS) is 1. The van der Waals surface area contributed by atoms with Gasteiger partial charge in [-0.3, -0.25) is 4.79 Å². The molecule has 0 fully saturated rings. The molecule has 0 saturated heterocycles. The standard InChI is InChI=1S/C11H8O3S2/c1-6(12)9-7(2-4-15-9)8-3-5-16-10(8)11(13)14/h2-5H,1H3,(H,13,14). The molecule has 2 rings (SSSR count). The molecule has 2 heterocycles. The predicted molar refractivity (Wildman–Crippen MR) is 64.6 cm³/mol. The molecule has 2 aromatic heterocycles. The summed E-state index contributed by atoms with van der Waals surface area (Å²) in [5, 5.41) is 12.5. The molecule has 0 atom stereocenters. The number of ketones is 1. The van der Waals surface area contributed by atoms with Gasteiger partial charge in [0, 0.05) is 11.1 Å². The number of thiophene rings is 2. The molecule has 16 heavy (non-hydrogen) atoms. The molecule has 0 amide bonds. The smallest absolute Gasteiger partial charge is 0.346 e. The van der Waals surface area contributed by atoms with Crippen molar-refractivity contribution in [2.75, 3.05) is 0 Å². The fourth-order valence-electron chi connectivity index (χ4n) is 1.48. The SMILES string of the molecule is CC(=O)c1sccc1-c1ccsc1C(=O)O. The van der Waals surface area contributed by atoms with Crippen molar-refractivity contribution in [1.82, 2.24) is 0 Å². The van der Waals surface area contributed by atoms with Gasteiger partial charge in [0.2, 0.25) is 0 Å². The molecule has 1 N–H and O–H groups in total. The second-order valence-electron chi connectivity index (χ2n) is 3.19. The lowest BCUT2D eigenvalue weighted by Gasteiger charge is -1.99. The van der Waals surface area contributed by atoms with E-state index in [1.807, 2.05) is 0 Å². The zero-order valence-corrected chi connectivity index (χ0v) is 10.0. The van der Waals surface area contributed by atoms with Gasteiger partial charge in [0.25, 0.3) is 0 Å². The lowest BCUT2D eigenvalue weighted by atomic mass is 10.1. The number of carbonyl (C=O) groups is 2. The zero-order valence-electron chi connectivity index (χ0n) is 8.39. The highest BCUT2D eigenvalue weighted by Gasteiger charge is 2.18. The largest absolute Gasteiger partial charge is 0.477 e. The van der Waals surface area contributed by atoms with Crippen molar-refractivity contribution in [3.8, 4) is 11.1 Å². The van der Waals surface area contributed by atoms with Gasteiger partial charge in [-0.2, -0.15) is 0 Å². The van der Waals surface area contributed by atoms with Crippen molar-refractivity contribution in [1.29, 1.82) is 0 Å². The normalized spacial score (nSPS) is 10.3. The topological polar surface area (TPSA) is 54.4 Å². The van der Waals surface area contributed by atoms with E-state index in [2.05, 4.69) is 0 Å². The Labute approximate surface area is 100.0 Å². The Balaban J connectivity index is 2.59. The molecule has 0 radical (unpaired) electrons. The van der Waals surface area contributed by atoms with E-state index in [9.17, 15) is 9.59 Å². The van der Waals surface area contributed by atoms with Gasteiger partial charge in [-0.15, -0.1) is 22.7 Å². The summed E-state index contributed by atoms with van der Waals surface area (Å²) in [6.07, 6.45) is 0. The number of Topliss-reactive ketones (excluding diaryl/α,β-unsaturated/α-hetero) is 1. The van der Waals surface area contributed by atoms with Crippen molar-refractivity contribution >= 4 is 34.4 Å². The van der Waals surface area contributed by atoms with Crippen LogP contribution in [0.4, 0.5) is 0 Å². The molecule has 0 bridgehead atoms. The third kappa shape index (κ3) is 1.79. The Morgan fingerprint density at radius 1 is 1.06 bits per heavy atom. The van der Waals surface area contributed by atoms with Crippen LogP contribution in [0.5, 0.6) is 0 Å². The fourth-order valence-corrected chi connectivity index (χ4v) is 3.04. The molecule has 0 saturated carbocycles. The first kappa shape index (κ1) is 11.0. The van der Waals surface area contributed by atoms with Crippen molar-refractivity contribution in [3.63, 3.8) is 0 Å². The molecule has 0 unspecified atom stereocenters. The Hall–Kier alpha value is -1.46. The van der Waals surface area contributed by atoms with Gasteiger partial charge in [0.05, 0.1) is 4.88 Å². The van der Waals surface area contributed by atoms with Crippen molar-refractivity contribution in [3.05, 3.63) is 32.6 Å². The number of aromatic carboxylic acids is 1. The van der Waals surface area contributed by atoms with Crippen LogP contribution in [0.1, 0.15) is 26.3 Å². The minimum atomic E-state index is -0.953. The van der Waals surface area contributed by atoms with Crippen LogP contribution in [0, 0.1) is 0 Å². The number of carbonyl (C=O) groups excluding carboxylic acids is 1. The third-order valence-electron chi connectivity index (χ3n) is 2.13. The van der Waals surface area contributed by atoms with Crippen LogP contribution in [0.15, 0.2) is 22.9 Å². The minimum absolute atomic E-state index is 0.0347. The molecule has 2 aromatic rings. The predicted octanol–water partition coefficient (Wildman–Crippen LogP) is 3.38. The number of carboxylic acids is 1. The maximum absolute atomic E-state index is 11.4. The van der Waals surface area contributed by atoms with Crippen LogP contribution < -0.4 is 0 Å². The fraction of sp³-hybridized carbons (Fsp3) is 0.0909. The number of rotatable bonds is 3. The maximum Gasteiger partial charge on any atom is 0.346 e. The van der Waals surface area contributed by atoms with Gasteiger partial charge in [0.15, 0.2) is 5.78 Å². The van der Waals surface area contributed by atoms with E-state index < -0.39 is 5.97 Å². The van der Waals surface area contributed by atoms with Gasteiger partial charge >= 0.3 is 5.97 Å². The average molecular weight is 252 g/mol. The maximum atomic E-state index is 11.4. The van der Waals surface area contributed by atoms with Crippen LogP contribution in [0.25, 0.3) is 11.1 Å². The number of hydrogen-bond acceptors (Lipinski definition) is 4. The minimum Gasteiger partial charge on any atom is -0.477 e. The molecule has 0 aliphatic rings. The summed E-state index contributed by atoms with van der Waals surface area (Å²) >= 11 is 2.51. The van der Waals surface area contributed by atoms with E-state index in [1.165, 1.54) is 29.6 Å². The van der Waals surface area contributed by atoms with Crippen LogP contribution in [-0.4, -0.2) is 16.9 Å². The summed E-state index contributed by atoms with van der Waals surface area (Å²) in [5.41, 5.74) is 1.35. The van der Waals surface area contributed by atoms with Gasteiger partial charge in [0.1, 0.15) is 4.88 Å². The summed E-state index contributed by atoms with van der Waals surface area (Å²) in [4.78, 5) is 23.2. The first-order chi connectivity index (χ1) is 7.61. The van der Waals surface area contributed by atoms with Gasteiger partial charge in [-0.1, -0.05) is 0 Å². The first-order valence-corrected chi connectivity index (χ1v) is 6.26. The van der Waals surface area contributed by atoms with E-state index in [4.69, 9.17) is 5.11 Å². The zero-order chi connectivity index (χ0) is 11.7. The average Bonchev–Trinajstić information content (AvgIpc) is 2.85. The van der Waals surface area contributed by atoms with E-state index >= 15 is 0 Å². The van der Waals surface area contributed by atoms with Gasteiger partial charge in [-0.05, 0) is 29.8 Å². The molecule has 82 valence electrons. The lowest BCUT2D eigenvalue weighted by Crippen LogP contribution is -1.96. The van der Waals surface area contributed by atoms with Crippen molar-refractivity contribution in [2.24, 2.45) is 0 Å². The molecule has 5 heteroatoms. The highest BCUT2D eigenvalue weighted by Crippen LogP contribution is 2.33. The van der Waals surface area contributed by atoms with Crippen LogP contribution in [-0.2, 0) is 0 Å². The van der Waals surface area contributed by atoms with E-state index in [-0.39, 0.29) is 10.7 Å². The molecule has 0 aliphatic heterocycles. The Morgan fingerprint density at radius 2 is 1.56 bits per heavy atom. The molecular weight excluding hydrogens is 244 g/mol. The molecule has 0 aromatic carbocycles. The van der Waals surface area contributed by atoms with Crippen molar-refractivity contribution < 1.29 is 14.7 Å². The van der Waals surface area contributed by atoms with Crippen molar-refractivity contribution in [2.45, 2.75) is 6.92 Å². The highest BCUT2D eigenvalue weighted by molar-refractivity contribution is 7.13. The highest BCUT2D eigenvalue weighted by atomic mass is 32.1. The molecule has 0 spiro atoms. The second kappa shape index (κ2) is 4.19. The summed E-state index contributed by atoms with van der Waals surface area (Å²) < 4.78 is 0. The third-order valence-corrected chi connectivity index (χ3v) is 4.05.